The molecule has 0 aliphatic rings. The molecular formula is C18H16ClF2NO4. The topological polar surface area (TPSA) is 64.6 Å². The van der Waals surface area contributed by atoms with Crippen LogP contribution in [0.25, 0.3) is 0 Å². The van der Waals surface area contributed by atoms with Gasteiger partial charge in [-0.2, -0.15) is 0 Å². The number of esters is 1. The Bertz CT molecular complexity index is 829. The molecule has 1 N–H and O–H groups in total. The van der Waals surface area contributed by atoms with Crippen LogP contribution in [0.2, 0.25) is 5.02 Å². The zero-order valence-corrected chi connectivity index (χ0v) is 14.8. The van der Waals surface area contributed by atoms with Crippen LogP contribution in [0.4, 0.5) is 14.5 Å². The minimum atomic E-state index is -1.23. The van der Waals surface area contributed by atoms with Gasteiger partial charge in [-0.15, -0.1) is 0 Å². The van der Waals surface area contributed by atoms with Crippen LogP contribution in [0.15, 0.2) is 36.4 Å². The largest absolute Gasteiger partial charge is 0.480 e. The fourth-order valence-electron chi connectivity index (χ4n) is 1.97. The number of benzene rings is 2. The average molecular weight is 384 g/mol. The van der Waals surface area contributed by atoms with Crippen molar-refractivity contribution in [1.82, 2.24) is 0 Å². The molecule has 0 aliphatic heterocycles. The van der Waals surface area contributed by atoms with Gasteiger partial charge < -0.3 is 14.8 Å². The van der Waals surface area contributed by atoms with Crippen LogP contribution in [0.5, 0.6) is 5.75 Å². The first kappa shape index (κ1) is 19.7. The van der Waals surface area contributed by atoms with Crippen molar-refractivity contribution in [3.05, 3.63) is 58.6 Å². The highest BCUT2D eigenvalue weighted by Gasteiger charge is 2.20. The van der Waals surface area contributed by atoms with Gasteiger partial charge >= 0.3 is 5.97 Å². The first-order valence-corrected chi connectivity index (χ1v) is 7.98. The number of carbonyl (C=O) groups excluding carboxylic acids is 2. The van der Waals surface area contributed by atoms with Gasteiger partial charge in [0.25, 0.3) is 5.91 Å². The van der Waals surface area contributed by atoms with Gasteiger partial charge in [-0.1, -0.05) is 17.7 Å². The molecule has 0 spiro atoms. The zero-order valence-electron chi connectivity index (χ0n) is 14.0. The molecule has 1 amide bonds. The Hall–Kier alpha value is -2.67. The molecule has 0 radical (unpaired) electrons. The molecule has 0 fully saturated rings. The molecule has 0 aromatic heterocycles. The van der Waals surface area contributed by atoms with E-state index in [9.17, 15) is 18.4 Å². The number of halogens is 3. The SMILES string of the molecule is Cc1ccc(Cl)c(OCC(=O)O[C@H](C)C(=O)Nc2cc(F)ccc2F)c1. The summed E-state index contributed by atoms with van der Waals surface area (Å²) in [7, 11) is 0. The quantitative estimate of drug-likeness (QED) is 0.769. The summed E-state index contributed by atoms with van der Waals surface area (Å²) in [6, 6.07) is 7.68. The summed E-state index contributed by atoms with van der Waals surface area (Å²) in [5, 5.41) is 2.48. The predicted molar refractivity (Wildman–Crippen MR) is 92.2 cm³/mol. The third-order valence-electron chi connectivity index (χ3n) is 3.30. The van der Waals surface area contributed by atoms with E-state index >= 15 is 0 Å². The van der Waals surface area contributed by atoms with E-state index in [-0.39, 0.29) is 5.69 Å². The van der Waals surface area contributed by atoms with E-state index in [0.717, 1.165) is 23.8 Å². The first-order valence-electron chi connectivity index (χ1n) is 7.60. The number of anilines is 1. The maximum atomic E-state index is 13.5. The summed E-state index contributed by atoms with van der Waals surface area (Å²) >= 11 is 5.95. The summed E-state index contributed by atoms with van der Waals surface area (Å²) < 4.78 is 36.8. The number of nitrogens with one attached hydrogen (secondary N) is 1. The molecule has 0 aliphatic carbocycles. The third kappa shape index (κ3) is 5.42. The van der Waals surface area contributed by atoms with Crippen LogP contribution < -0.4 is 10.1 Å². The molecule has 138 valence electrons. The summed E-state index contributed by atoms with van der Waals surface area (Å²) in [5.74, 6) is -2.84. The van der Waals surface area contributed by atoms with Crippen molar-refractivity contribution in [2.24, 2.45) is 0 Å². The van der Waals surface area contributed by atoms with Gasteiger partial charge in [-0.3, -0.25) is 4.79 Å². The maximum Gasteiger partial charge on any atom is 0.344 e. The fraction of sp³-hybridized carbons (Fsp3) is 0.222. The number of ether oxygens (including phenoxy) is 2. The van der Waals surface area contributed by atoms with Crippen LogP contribution in [0, 0.1) is 18.6 Å². The molecular weight excluding hydrogens is 368 g/mol. The minimum Gasteiger partial charge on any atom is -0.480 e. The lowest BCUT2D eigenvalue weighted by Crippen LogP contribution is -2.32. The number of hydrogen-bond donors (Lipinski definition) is 1. The Balaban J connectivity index is 1.88. The molecule has 2 aromatic rings. The molecule has 0 unspecified atom stereocenters. The van der Waals surface area contributed by atoms with E-state index in [2.05, 4.69) is 5.32 Å². The Kier molecular flexibility index (Phi) is 6.52. The van der Waals surface area contributed by atoms with Gasteiger partial charge in [0.15, 0.2) is 12.7 Å². The molecule has 0 saturated heterocycles. The number of hydrogen-bond acceptors (Lipinski definition) is 4. The average Bonchev–Trinajstić information content (AvgIpc) is 2.58. The van der Waals surface area contributed by atoms with E-state index in [1.165, 1.54) is 6.92 Å². The smallest absolute Gasteiger partial charge is 0.344 e. The van der Waals surface area contributed by atoms with E-state index < -0.39 is 36.2 Å². The highest BCUT2D eigenvalue weighted by atomic mass is 35.5. The highest BCUT2D eigenvalue weighted by Crippen LogP contribution is 2.25. The minimum absolute atomic E-state index is 0.308. The monoisotopic (exact) mass is 383 g/mol. The van der Waals surface area contributed by atoms with Crippen LogP contribution in [-0.2, 0) is 14.3 Å². The highest BCUT2D eigenvalue weighted by molar-refractivity contribution is 6.32. The van der Waals surface area contributed by atoms with Crippen molar-refractivity contribution in [1.29, 1.82) is 0 Å². The van der Waals surface area contributed by atoms with Crippen LogP contribution in [0.1, 0.15) is 12.5 Å². The molecule has 0 heterocycles. The second kappa shape index (κ2) is 8.62. The number of carbonyl (C=O) groups is 2. The number of rotatable bonds is 6. The molecule has 8 heteroatoms. The number of amides is 1. The van der Waals surface area contributed by atoms with Crippen LogP contribution >= 0.6 is 11.6 Å². The molecule has 5 nitrogen and oxygen atoms in total. The molecule has 26 heavy (non-hydrogen) atoms. The summed E-state index contributed by atoms with van der Waals surface area (Å²) in [6.45, 7) is 2.67. The van der Waals surface area contributed by atoms with Crippen LogP contribution in [-0.4, -0.2) is 24.6 Å². The van der Waals surface area contributed by atoms with Crippen LogP contribution in [0.3, 0.4) is 0 Å². The van der Waals surface area contributed by atoms with E-state index in [4.69, 9.17) is 21.1 Å². The Labute approximate surface area is 153 Å². The molecule has 1 atom stereocenters. The Morgan fingerprint density at radius 2 is 1.92 bits per heavy atom. The first-order chi connectivity index (χ1) is 12.3. The van der Waals surface area contributed by atoms with Gasteiger partial charge in [0.1, 0.15) is 17.4 Å². The van der Waals surface area contributed by atoms with Gasteiger partial charge in [0.2, 0.25) is 0 Å². The lowest BCUT2D eigenvalue weighted by atomic mass is 10.2. The second-order valence-corrected chi connectivity index (χ2v) is 5.88. The van der Waals surface area contributed by atoms with Gasteiger partial charge in [-0.25, -0.2) is 13.6 Å². The molecule has 0 bridgehead atoms. The van der Waals surface area contributed by atoms with Crippen molar-refractivity contribution in [3.63, 3.8) is 0 Å². The lowest BCUT2D eigenvalue weighted by Gasteiger charge is -2.14. The van der Waals surface area contributed by atoms with Crippen molar-refractivity contribution >= 4 is 29.2 Å². The van der Waals surface area contributed by atoms with Crippen molar-refractivity contribution in [2.75, 3.05) is 11.9 Å². The third-order valence-corrected chi connectivity index (χ3v) is 3.61. The molecule has 2 aromatic carbocycles. The van der Waals surface area contributed by atoms with Gasteiger partial charge in [-0.05, 0) is 43.7 Å². The van der Waals surface area contributed by atoms with E-state index in [0.29, 0.717) is 10.8 Å². The molecule has 0 saturated carbocycles. The number of aryl methyl sites for hydroxylation is 1. The van der Waals surface area contributed by atoms with Gasteiger partial charge in [0.05, 0.1) is 10.7 Å². The Morgan fingerprint density at radius 3 is 2.65 bits per heavy atom. The van der Waals surface area contributed by atoms with Crippen molar-refractivity contribution in [3.8, 4) is 5.75 Å². The summed E-state index contributed by atoms with van der Waals surface area (Å²) in [6.07, 6.45) is -1.23. The summed E-state index contributed by atoms with van der Waals surface area (Å²) in [5.41, 5.74) is 0.545. The fourth-order valence-corrected chi connectivity index (χ4v) is 2.14. The van der Waals surface area contributed by atoms with E-state index in [1.54, 1.807) is 18.2 Å². The van der Waals surface area contributed by atoms with E-state index in [1.807, 2.05) is 6.92 Å². The zero-order chi connectivity index (χ0) is 19.3. The normalized spacial score (nSPS) is 11.6. The van der Waals surface area contributed by atoms with Gasteiger partial charge in [0, 0.05) is 6.07 Å². The standard InChI is InChI=1S/C18H16ClF2NO4/c1-10-3-5-13(19)16(7-10)25-9-17(23)26-11(2)18(24)22-15-8-12(20)4-6-14(15)21/h3-8,11H,9H2,1-2H3,(H,22,24)/t11-/m1/s1. The maximum absolute atomic E-state index is 13.5. The van der Waals surface area contributed by atoms with Crippen molar-refractivity contribution < 1.29 is 27.8 Å². The van der Waals surface area contributed by atoms with Crippen molar-refractivity contribution in [2.45, 2.75) is 20.0 Å². The Morgan fingerprint density at radius 1 is 1.19 bits per heavy atom. The second-order valence-electron chi connectivity index (χ2n) is 5.47. The lowest BCUT2D eigenvalue weighted by molar-refractivity contribution is -0.155. The summed E-state index contributed by atoms with van der Waals surface area (Å²) in [4.78, 5) is 23.7. The molecule has 2 rings (SSSR count). The predicted octanol–water partition coefficient (Wildman–Crippen LogP) is 3.88.